The predicted octanol–water partition coefficient (Wildman–Crippen LogP) is 3.76. The van der Waals surface area contributed by atoms with Gasteiger partial charge in [0.05, 0.1) is 0 Å². The van der Waals surface area contributed by atoms with Gasteiger partial charge in [0.25, 0.3) is 0 Å². The molecule has 0 saturated heterocycles. The van der Waals surface area contributed by atoms with Crippen LogP contribution in [0.15, 0.2) is 60.7 Å². The number of hydrogen-bond donors (Lipinski definition) is 0. The molecule has 0 aliphatic carbocycles. The molecule has 2 aromatic carbocycles. The van der Waals surface area contributed by atoms with E-state index in [-0.39, 0.29) is 5.78 Å². The number of ether oxygens (including phenoxy) is 1. The number of carbonyl (C=O) groups is 1. The maximum atomic E-state index is 11.8. The lowest BCUT2D eigenvalue weighted by molar-refractivity contribution is 0.0993. The SMILES string of the molecule is CCOC.O=C(Cc1ccccc1)c1ccccc1. The highest BCUT2D eigenvalue weighted by Crippen LogP contribution is 2.06. The summed E-state index contributed by atoms with van der Waals surface area (Å²) in [4.78, 5) is 11.8. The zero-order chi connectivity index (χ0) is 13.9. The van der Waals surface area contributed by atoms with Crippen LogP contribution in [-0.2, 0) is 11.2 Å². The summed E-state index contributed by atoms with van der Waals surface area (Å²) < 4.78 is 4.54. The first-order chi connectivity index (χ1) is 9.27. The van der Waals surface area contributed by atoms with E-state index in [4.69, 9.17) is 0 Å². The first kappa shape index (κ1) is 15.1. The number of rotatable bonds is 4. The number of benzene rings is 2. The second-order valence-electron chi connectivity index (χ2n) is 4.03. The molecule has 0 aromatic heterocycles. The van der Waals surface area contributed by atoms with E-state index in [1.54, 1.807) is 7.11 Å². The van der Waals surface area contributed by atoms with Crippen molar-refractivity contribution < 1.29 is 9.53 Å². The first-order valence-electron chi connectivity index (χ1n) is 6.39. The molecule has 0 atom stereocenters. The van der Waals surface area contributed by atoms with E-state index in [2.05, 4.69) is 4.74 Å². The molecule has 0 unspecified atom stereocenters. The second-order valence-corrected chi connectivity index (χ2v) is 4.03. The summed E-state index contributed by atoms with van der Waals surface area (Å²) in [5, 5.41) is 0. The first-order valence-corrected chi connectivity index (χ1v) is 6.39. The quantitative estimate of drug-likeness (QED) is 0.778. The number of ketones is 1. The summed E-state index contributed by atoms with van der Waals surface area (Å²) in [5.74, 6) is 0.168. The molecule has 0 bridgehead atoms. The van der Waals surface area contributed by atoms with Gasteiger partial charge in [-0.1, -0.05) is 60.7 Å². The fraction of sp³-hybridized carbons (Fsp3) is 0.235. The van der Waals surface area contributed by atoms with Gasteiger partial charge in [0.2, 0.25) is 0 Å². The molecule has 0 heterocycles. The molecule has 0 aliphatic rings. The minimum atomic E-state index is 0.168. The zero-order valence-corrected chi connectivity index (χ0v) is 11.5. The van der Waals surface area contributed by atoms with E-state index in [9.17, 15) is 4.79 Å². The monoisotopic (exact) mass is 256 g/mol. The Labute approximate surface area is 115 Å². The van der Waals surface area contributed by atoms with Crippen LogP contribution < -0.4 is 0 Å². The van der Waals surface area contributed by atoms with Gasteiger partial charge >= 0.3 is 0 Å². The molecule has 0 N–H and O–H groups in total. The molecule has 19 heavy (non-hydrogen) atoms. The van der Waals surface area contributed by atoms with Gasteiger partial charge in [-0.3, -0.25) is 4.79 Å². The van der Waals surface area contributed by atoms with Crippen LogP contribution in [0, 0.1) is 0 Å². The summed E-state index contributed by atoms with van der Waals surface area (Å²) in [6.45, 7) is 2.78. The van der Waals surface area contributed by atoms with Crippen LogP contribution in [0.3, 0.4) is 0 Å². The highest BCUT2D eigenvalue weighted by atomic mass is 16.5. The van der Waals surface area contributed by atoms with Crippen LogP contribution in [-0.4, -0.2) is 19.5 Å². The van der Waals surface area contributed by atoms with Crippen molar-refractivity contribution in [2.45, 2.75) is 13.3 Å². The van der Waals surface area contributed by atoms with Gasteiger partial charge in [0.1, 0.15) is 0 Å². The van der Waals surface area contributed by atoms with E-state index < -0.39 is 0 Å². The smallest absolute Gasteiger partial charge is 0.167 e. The highest BCUT2D eigenvalue weighted by Gasteiger charge is 2.05. The van der Waals surface area contributed by atoms with Crippen LogP contribution in [0.2, 0.25) is 0 Å². The molecule has 2 nitrogen and oxygen atoms in total. The number of Topliss-reactive ketones (excluding diaryl/α,β-unsaturated/α-hetero) is 1. The van der Waals surface area contributed by atoms with Crippen molar-refractivity contribution in [3.8, 4) is 0 Å². The Morgan fingerprint density at radius 2 is 1.42 bits per heavy atom. The second kappa shape index (κ2) is 9.06. The van der Waals surface area contributed by atoms with Gasteiger partial charge in [-0.05, 0) is 12.5 Å². The molecule has 100 valence electrons. The summed E-state index contributed by atoms with van der Waals surface area (Å²) in [5.41, 5.74) is 1.84. The van der Waals surface area contributed by atoms with E-state index >= 15 is 0 Å². The topological polar surface area (TPSA) is 26.3 Å². The van der Waals surface area contributed by atoms with Gasteiger partial charge < -0.3 is 4.74 Å². The largest absolute Gasteiger partial charge is 0.385 e. The normalized spacial score (nSPS) is 9.37. The van der Waals surface area contributed by atoms with Crippen molar-refractivity contribution in [3.63, 3.8) is 0 Å². The predicted molar refractivity (Wildman–Crippen MR) is 78.5 cm³/mol. The third-order valence-electron chi connectivity index (χ3n) is 2.59. The van der Waals surface area contributed by atoms with Crippen molar-refractivity contribution in [2.24, 2.45) is 0 Å². The maximum Gasteiger partial charge on any atom is 0.167 e. The van der Waals surface area contributed by atoms with Crippen molar-refractivity contribution in [1.29, 1.82) is 0 Å². The van der Waals surface area contributed by atoms with E-state index in [1.807, 2.05) is 67.6 Å². The van der Waals surface area contributed by atoms with Gasteiger partial charge in [0, 0.05) is 25.7 Å². The van der Waals surface area contributed by atoms with Gasteiger partial charge in [-0.15, -0.1) is 0 Å². The molecular formula is C17H20O2. The fourth-order valence-electron chi connectivity index (χ4n) is 1.51. The third kappa shape index (κ3) is 5.98. The molecule has 0 fully saturated rings. The average Bonchev–Trinajstić information content (AvgIpc) is 2.49. The Morgan fingerprint density at radius 1 is 0.947 bits per heavy atom. The molecule has 2 rings (SSSR count). The lowest BCUT2D eigenvalue weighted by Crippen LogP contribution is -2.02. The molecule has 0 spiro atoms. The Morgan fingerprint density at radius 3 is 1.89 bits per heavy atom. The average molecular weight is 256 g/mol. The lowest BCUT2D eigenvalue weighted by Gasteiger charge is -2.00. The van der Waals surface area contributed by atoms with Crippen LogP contribution in [0.5, 0.6) is 0 Å². The third-order valence-corrected chi connectivity index (χ3v) is 2.59. The van der Waals surface area contributed by atoms with E-state index in [1.165, 1.54) is 0 Å². The Balaban J connectivity index is 0.000000399. The van der Waals surface area contributed by atoms with Crippen molar-refractivity contribution >= 4 is 5.78 Å². The van der Waals surface area contributed by atoms with Crippen LogP contribution >= 0.6 is 0 Å². The standard InChI is InChI=1S/C14H12O.C3H8O/c15-14(13-9-5-2-6-10-13)11-12-7-3-1-4-8-12;1-3-4-2/h1-10H,11H2;3H2,1-2H3. The minimum absolute atomic E-state index is 0.168. The van der Waals surface area contributed by atoms with E-state index in [0.717, 1.165) is 17.7 Å². The minimum Gasteiger partial charge on any atom is -0.385 e. The highest BCUT2D eigenvalue weighted by molar-refractivity contribution is 5.97. The number of carbonyl (C=O) groups excluding carboxylic acids is 1. The number of methoxy groups -OCH3 is 1. The molecular weight excluding hydrogens is 236 g/mol. The van der Waals surface area contributed by atoms with Crippen molar-refractivity contribution in [1.82, 2.24) is 0 Å². The molecule has 0 saturated carbocycles. The van der Waals surface area contributed by atoms with Crippen molar-refractivity contribution in [3.05, 3.63) is 71.8 Å². The Hall–Kier alpha value is -1.93. The van der Waals surface area contributed by atoms with Crippen LogP contribution in [0.4, 0.5) is 0 Å². The van der Waals surface area contributed by atoms with Crippen LogP contribution in [0.1, 0.15) is 22.8 Å². The molecule has 0 aliphatic heterocycles. The Kier molecular flexibility index (Phi) is 7.21. The van der Waals surface area contributed by atoms with Crippen molar-refractivity contribution in [2.75, 3.05) is 13.7 Å². The molecule has 2 aromatic rings. The molecule has 0 radical (unpaired) electrons. The van der Waals surface area contributed by atoms with Gasteiger partial charge in [-0.25, -0.2) is 0 Å². The Bertz CT molecular complexity index is 461. The van der Waals surface area contributed by atoms with E-state index in [0.29, 0.717) is 6.42 Å². The summed E-state index contributed by atoms with van der Waals surface area (Å²) >= 11 is 0. The fourth-order valence-corrected chi connectivity index (χ4v) is 1.51. The zero-order valence-electron chi connectivity index (χ0n) is 11.5. The molecule has 2 heteroatoms. The van der Waals surface area contributed by atoms with Crippen LogP contribution in [0.25, 0.3) is 0 Å². The summed E-state index contributed by atoms with van der Waals surface area (Å²) in [7, 11) is 1.68. The summed E-state index contributed by atoms with van der Waals surface area (Å²) in [6, 6.07) is 19.2. The lowest BCUT2D eigenvalue weighted by atomic mass is 10.0. The molecule has 0 amide bonds. The maximum absolute atomic E-state index is 11.8. The number of hydrogen-bond acceptors (Lipinski definition) is 2. The van der Waals surface area contributed by atoms with Gasteiger partial charge in [-0.2, -0.15) is 0 Å². The summed E-state index contributed by atoms with van der Waals surface area (Å²) in [6.07, 6.45) is 0.477. The van der Waals surface area contributed by atoms with Gasteiger partial charge in [0.15, 0.2) is 5.78 Å².